The lowest BCUT2D eigenvalue weighted by Gasteiger charge is -2.37. The van der Waals surface area contributed by atoms with Crippen molar-refractivity contribution < 1.29 is 4.79 Å². The first kappa shape index (κ1) is 8.05. The Balaban J connectivity index is 1.87. The summed E-state index contributed by atoms with van der Waals surface area (Å²) in [5.74, 6) is 0.603. The van der Waals surface area contributed by atoms with Gasteiger partial charge in [-0.05, 0) is 11.8 Å². The van der Waals surface area contributed by atoms with Gasteiger partial charge in [0.05, 0.1) is 0 Å². The van der Waals surface area contributed by atoms with Crippen LogP contribution in [0, 0.1) is 11.3 Å². The Kier molecular flexibility index (Phi) is 1.49. The van der Waals surface area contributed by atoms with E-state index in [2.05, 4.69) is 13.8 Å². The zero-order valence-corrected chi connectivity index (χ0v) is 7.71. The molecule has 1 saturated heterocycles. The number of likely N-dealkylation sites (tertiary alicyclic amines) is 1. The Morgan fingerprint density at radius 3 is 2.33 bits per heavy atom. The van der Waals surface area contributed by atoms with E-state index >= 15 is 0 Å². The summed E-state index contributed by atoms with van der Waals surface area (Å²) in [5.41, 5.74) is 5.86. The van der Waals surface area contributed by atoms with Crippen molar-refractivity contribution >= 4 is 5.91 Å². The van der Waals surface area contributed by atoms with Gasteiger partial charge in [-0.15, -0.1) is 0 Å². The second-order valence-corrected chi connectivity index (χ2v) is 4.75. The molecule has 0 bridgehead atoms. The normalized spacial score (nSPS) is 32.9. The van der Waals surface area contributed by atoms with Crippen molar-refractivity contribution in [2.24, 2.45) is 17.1 Å². The summed E-state index contributed by atoms with van der Waals surface area (Å²) in [4.78, 5) is 13.5. The van der Waals surface area contributed by atoms with Crippen molar-refractivity contribution in [3.63, 3.8) is 0 Å². The molecule has 1 aliphatic heterocycles. The molecule has 0 aromatic rings. The van der Waals surface area contributed by atoms with Gasteiger partial charge in [0.2, 0.25) is 5.91 Å². The highest BCUT2D eigenvalue weighted by molar-refractivity contribution is 5.83. The van der Waals surface area contributed by atoms with Gasteiger partial charge in [-0.25, -0.2) is 0 Å². The van der Waals surface area contributed by atoms with Crippen LogP contribution in [0.15, 0.2) is 0 Å². The third-order valence-corrected chi connectivity index (χ3v) is 3.03. The minimum Gasteiger partial charge on any atom is -0.339 e. The van der Waals surface area contributed by atoms with E-state index in [1.54, 1.807) is 0 Å². The van der Waals surface area contributed by atoms with Crippen LogP contribution in [0.5, 0.6) is 0 Å². The average molecular weight is 168 g/mol. The molecular weight excluding hydrogens is 152 g/mol. The van der Waals surface area contributed by atoms with Crippen LogP contribution in [-0.2, 0) is 4.79 Å². The molecule has 2 rings (SSSR count). The number of hydrogen-bond acceptors (Lipinski definition) is 2. The fourth-order valence-electron chi connectivity index (χ4n) is 1.80. The molecule has 2 N–H and O–H groups in total. The summed E-state index contributed by atoms with van der Waals surface area (Å²) >= 11 is 0. The van der Waals surface area contributed by atoms with E-state index in [0.29, 0.717) is 5.91 Å². The van der Waals surface area contributed by atoms with E-state index in [4.69, 9.17) is 5.73 Å². The second-order valence-electron chi connectivity index (χ2n) is 4.75. The van der Waals surface area contributed by atoms with E-state index in [0.717, 1.165) is 19.5 Å². The van der Waals surface area contributed by atoms with Gasteiger partial charge in [-0.1, -0.05) is 13.8 Å². The average Bonchev–Trinajstić information content (AvgIpc) is 2.52. The number of amides is 1. The maximum Gasteiger partial charge on any atom is 0.226 e. The fourth-order valence-corrected chi connectivity index (χ4v) is 1.80. The Labute approximate surface area is 72.9 Å². The van der Waals surface area contributed by atoms with E-state index in [1.165, 1.54) is 0 Å². The van der Waals surface area contributed by atoms with Crippen molar-refractivity contribution in [3.05, 3.63) is 0 Å². The molecule has 0 radical (unpaired) electrons. The number of nitrogens with zero attached hydrogens (tertiary/aromatic N) is 1. The molecule has 2 fully saturated rings. The monoisotopic (exact) mass is 168 g/mol. The largest absolute Gasteiger partial charge is 0.339 e. The van der Waals surface area contributed by atoms with Gasteiger partial charge in [0, 0.05) is 25.0 Å². The molecule has 2 aliphatic rings. The molecule has 0 spiro atoms. The smallest absolute Gasteiger partial charge is 0.226 e. The van der Waals surface area contributed by atoms with E-state index < -0.39 is 0 Å². The van der Waals surface area contributed by atoms with Gasteiger partial charge in [0.1, 0.15) is 0 Å². The number of carbonyl (C=O) groups excluding carboxylic acids is 1. The third-order valence-electron chi connectivity index (χ3n) is 3.03. The first-order valence-electron chi connectivity index (χ1n) is 4.55. The maximum atomic E-state index is 11.6. The van der Waals surface area contributed by atoms with E-state index in [9.17, 15) is 4.79 Å². The molecule has 0 aromatic carbocycles. The van der Waals surface area contributed by atoms with Crippen LogP contribution in [0.3, 0.4) is 0 Å². The first-order chi connectivity index (χ1) is 5.50. The molecule has 1 saturated carbocycles. The predicted molar refractivity (Wildman–Crippen MR) is 46.4 cm³/mol. The van der Waals surface area contributed by atoms with Crippen LogP contribution >= 0.6 is 0 Å². The van der Waals surface area contributed by atoms with Crippen molar-refractivity contribution in [1.82, 2.24) is 4.90 Å². The molecule has 1 heterocycles. The summed E-state index contributed by atoms with van der Waals surface area (Å²) in [6, 6.07) is 0.232. The molecule has 1 aliphatic carbocycles. The van der Waals surface area contributed by atoms with Gasteiger partial charge >= 0.3 is 0 Å². The van der Waals surface area contributed by atoms with Gasteiger partial charge in [0.15, 0.2) is 0 Å². The first-order valence-corrected chi connectivity index (χ1v) is 4.55. The molecule has 0 aromatic heterocycles. The maximum absolute atomic E-state index is 11.6. The van der Waals surface area contributed by atoms with Crippen LogP contribution in [0.1, 0.15) is 20.3 Å². The number of carbonyl (C=O) groups is 1. The Morgan fingerprint density at radius 2 is 2.00 bits per heavy atom. The summed E-state index contributed by atoms with van der Waals surface area (Å²) < 4.78 is 0. The molecule has 3 nitrogen and oxygen atoms in total. The van der Waals surface area contributed by atoms with Crippen LogP contribution in [0.25, 0.3) is 0 Å². The third kappa shape index (κ3) is 1.12. The van der Waals surface area contributed by atoms with E-state index in [1.807, 2.05) is 4.90 Å². The minimum atomic E-state index is 0.232. The summed E-state index contributed by atoms with van der Waals surface area (Å²) in [6.07, 6.45) is 1.05. The van der Waals surface area contributed by atoms with Crippen molar-refractivity contribution in [2.45, 2.75) is 26.3 Å². The lowest BCUT2D eigenvalue weighted by atomic mass is 10.1. The molecule has 68 valence electrons. The van der Waals surface area contributed by atoms with Crippen molar-refractivity contribution in [1.29, 1.82) is 0 Å². The molecule has 12 heavy (non-hydrogen) atoms. The number of hydrogen-bond donors (Lipinski definition) is 1. The van der Waals surface area contributed by atoms with Crippen LogP contribution in [0.2, 0.25) is 0 Å². The van der Waals surface area contributed by atoms with Gasteiger partial charge < -0.3 is 10.6 Å². The number of nitrogens with two attached hydrogens (primary N) is 1. The quantitative estimate of drug-likeness (QED) is 0.608. The molecule has 1 unspecified atom stereocenters. The molecule has 1 atom stereocenters. The SMILES string of the molecule is CC1(C)CC1C(=O)N1CC(N)C1. The zero-order chi connectivity index (χ0) is 8.93. The van der Waals surface area contributed by atoms with Gasteiger partial charge in [0.25, 0.3) is 0 Å². The Bertz CT molecular complexity index is 219. The van der Waals surface area contributed by atoms with Crippen molar-refractivity contribution in [3.8, 4) is 0 Å². The highest BCUT2D eigenvalue weighted by atomic mass is 16.2. The minimum absolute atomic E-state index is 0.232. The van der Waals surface area contributed by atoms with Gasteiger partial charge in [-0.2, -0.15) is 0 Å². The number of rotatable bonds is 1. The highest BCUT2D eigenvalue weighted by Gasteiger charge is 2.53. The Hall–Kier alpha value is -0.570. The highest BCUT2D eigenvalue weighted by Crippen LogP contribution is 2.52. The van der Waals surface area contributed by atoms with Gasteiger partial charge in [-0.3, -0.25) is 4.79 Å². The van der Waals surface area contributed by atoms with Crippen LogP contribution < -0.4 is 5.73 Å². The van der Waals surface area contributed by atoms with E-state index in [-0.39, 0.29) is 17.4 Å². The molecular formula is C9H16N2O. The predicted octanol–water partition coefficient (Wildman–Crippen LogP) is 0.202. The van der Waals surface area contributed by atoms with Crippen LogP contribution in [0.4, 0.5) is 0 Å². The van der Waals surface area contributed by atoms with Crippen molar-refractivity contribution in [2.75, 3.05) is 13.1 Å². The molecule has 3 heteroatoms. The fraction of sp³-hybridized carbons (Fsp3) is 0.889. The topological polar surface area (TPSA) is 46.3 Å². The second kappa shape index (κ2) is 2.22. The summed E-state index contributed by atoms with van der Waals surface area (Å²) in [6.45, 7) is 5.83. The molecule has 1 amide bonds. The Morgan fingerprint density at radius 1 is 1.50 bits per heavy atom. The van der Waals surface area contributed by atoms with Crippen LogP contribution in [-0.4, -0.2) is 29.9 Å². The zero-order valence-electron chi connectivity index (χ0n) is 7.71. The summed E-state index contributed by atoms with van der Waals surface area (Å²) in [7, 11) is 0. The lowest BCUT2D eigenvalue weighted by molar-refractivity contribution is -0.137. The lowest BCUT2D eigenvalue weighted by Crippen LogP contribution is -2.58. The summed E-state index contributed by atoms with van der Waals surface area (Å²) in [5, 5.41) is 0. The standard InChI is InChI=1S/C9H16N2O/c1-9(2)3-7(9)8(12)11-4-6(10)5-11/h6-7H,3-5,10H2,1-2H3.